The number of rotatable bonds is 13. The summed E-state index contributed by atoms with van der Waals surface area (Å²) in [6, 6.07) is 11.6. The lowest BCUT2D eigenvalue weighted by Gasteiger charge is -2.26. The van der Waals surface area contributed by atoms with Crippen LogP contribution in [-0.2, 0) is 6.54 Å². The maximum Gasteiger partial charge on any atom is 0.272 e. The predicted molar refractivity (Wildman–Crippen MR) is 150 cm³/mol. The minimum atomic E-state index is 0.00271. The molecule has 200 valence electrons. The maximum absolute atomic E-state index is 13.4. The third-order valence-electron chi connectivity index (χ3n) is 7.02. The molecule has 1 aromatic carbocycles. The fourth-order valence-corrected chi connectivity index (χ4v) is 4.96. The fraction of sp³-hybridized carbons (Fsp3) is 0.552. The number of aromatic nitrogens is 3. The average molecular weight is 507 g/mol. The Morgan fingerprint density at radius 2 is 1.73 bits per heavy atom. The van der Waals surface area contributed by atoms with Gasteiger partial charge >= 0.3 is 0 Å². The topological polar surface area (TPSA) is 75.5 Å². The number of carbonyl (C=O) groups is 1. The second-order valence-corrected chi connectivity index (χ2v) is 9.88. The Morgan fingerprint density at radius 3 is 2.43 bits per heavy atom. The first-order chi connectivity index (χ1) is 18.1. The number of unbranched alkanes of at least 4 members (excludes halogenated alkanes) is 1. The molecule has 8 nitrogen and oxygen atoms in total. The highest BCUT2D eigenvalue weighted by atomic mass is 16.5. The summed E-state index contributed by atoms with van der Waals surface area (Å²) >= 11 is 0. The summed E-state index contributed by atoms with van der Waals surface area (Å²) in [7, 11) is 1.67. The Bertz CT molecular complexity index is 1140. The molecule has 1 aliphatic rings. The molecule has 3 heterocycles. The molecule has 0 spiro atoms. The number of amides is 1. The van der Waals surface area contributed by atoms with Gasteiger partial charge in [-0.3, -0.25) is 9.36 Å². The van der Waals surface area contributed by atoms with Gasteiger partial charge in [-0.05, 0) is 88.1 Å². The largest absolute Gasteiger partial charge is 0.497 e. The number of carbonyl (C=O) groups excluding carboxylic acids is 1. The van der Waals surface area contributed by atoms with E-state index in [-0.39, 0.29) is 5.91 Å². The monoisotopic (exact) mass is 506 g/mol. The third kappa shape index (κ3) is 7.01. The number of hydrogen-bond donors (Lipinski definition) is 1. The number of benzene rings is 1. The Kier molecular flexibility index (Phi) is 9.77. The summed E-state index contributed by atoms with van der Waals surface area (Å²) in [6.07, 6.45) is 7.91. The van der Waals surface area contributed by atoms with E-state index < -0.39 is 0 Å². The van der Waals surface area contributed by atoms with Crippen molar-refractivity contribution in [2.45, 2.75) is 65.3 Å². The van der Waals surface area contributed by atoms with Gasteiger partial charge in [-0.2, -0.15) is 0 Å². The van der Waals surface area contributed by atoms with Crippen LogP contribution in [0.1, 0.15) is 69.3 Å². The zero-order valence-electron chi connectivity index (χ0n) is 22.7. The van der Waals surface area contributed by atoms with E-state index in [1.165, 1.54) is 32.4 Å². The van der Waals surface area contributed by atoms with Crippen molar-refractivity contribution in [1.29, 1.82) is 0 Å². The number of pyridine rings is 1. The van der Waals surface area contributed by atoms with Gasteiger partial charge in [0.1, 0.15) is 17.0 Å². The van der Waals surface area contributed by atoms with Gasteiger partial charge in [0.15, 0.2) is 5.65 Å². The number of imidazole rings is 1. The van der Waals surface area contributed by atoms with Crippen LogP contribution in [0.5, 0.6) is 5.75 Å². The quantitative estimate of drug-likeness (QED) is 0.320. The molecule has 0 unspecified atom stereocenters. The second-order valence-electron chi connectivity index (χ2n) is 9.88. The maximum atomic E-state index is 13.4. The Balaban J connectivity index is 1.61. The smallest absolute Gasteiger partial charge is 0.272 e. The zero-order chi connectivity index (χ0) is 26.0. The van der Waals surface area contributed by atoms with Crippen LogP contribution in [0.15, 0.2) is 36.4 Å². The zero-order valence-corrected chi connectivity index (χ0v) is 22.7. The number of likely N-dealkylation sites (tertiary alicyclic amines) is 1. The molecule has 37 heavy (non-hydrogen) atoms. The summed E-state index contributed by atoms with van der Waals surface area (Å²) in [5.41, 5.74) is 2.97. The lowest BCUT2D eigenvalue weighted by atomic mass is 10.1. The summed E-state index contributed by atoms with van der Waals surface area (Å²) in [5, 5.41) is 3.47. The summed E-state index contributed by atoms with van der Waals surface area (Å²) < 4.78 is 7.43. The van der Waals surface area contributed by atoms with Gasteiger partial charge in [0.05, 0.1) is 7.11 Å². The molecule has 0 aliphatic carbocycles. The molecular formula is C29H42N6O2. The number of piperidine rings is 1. The van der Waals surface area contributed by atoms with Gasteiger partial charge in [-0.15, -0.1) is 0 Å². The van der Waals surface area contributed by atoms with E-state index >= 15 is 0 Å². The molecule has 0 radical (unpaired) electrons. The number of hydrogen-bond acceptors (Lipinski definition) is 6. The van der Waals surface area contributed by atoms with Crippen LogP contribution in [0.25, 0.3) is 11.2 Å². The van der Waals surface area contributed by atoms with Crippen molar-refractivity contribution in [3.05, 3.63) is 42.1 Å². The average Bonchev–Trinajstić information content (AvgIpc) is 3.27. The highest BCUT2D eigenvalue weighted by molar-refractivity contribution is 5.94. The molecule has 0 saturated carbocycles. The standard InChI is InChI=1S/C29H42N6O2/c1-4-6-21-34(17-5-2)28(36)26-16-15-25-27(31-26)35(22-10-20-33-18-8-7-9-19-33)29(32-25)30-23-11-13-24(37-3)14-12-23/h11-16H,4-10,17-22H2,1-3H3,(H,30,32). The van der Waals surface area contributed by atoms with Crippen LogP contribution in [0.2, 0.25) is 0 Å². The Labute approximate surface area is 221 Å². The number of nitrogens with one attached hydrogen (secondary N) is 1. The van der Waals surface area contributed by atoms with Gasteiger partial charge in [-0.25, -0.2) is 9.97 Å². The molecule has 3 aromatic rings. The first-order valence-electron chi connectivity index (χ1n) is 13.9. The van der Waals surface area contributed by atoms with Crippen LogP contribution >= 0.6 is 0 Å². The van der Waals surface area contributed by atoms with Crippen molar-refractivity contribution in [1.82, 2.24) is 24.3 Å². The molecule has 0 bridgehead atoms. The van der Waals surface area contributed by atoms with Gasteiger partial charge in [0.25, 0.3) is 5.91 Å². The van der Waals surface area contributed by atoms with Crippen LogP contribution in [-0.4, -0.2) is 70.1 Å². The highest BCUT2D eigenvalue weighted by Gasteiger charge is 2.20. The highest BCUT2D eigenvalue weighted by Crippen LogP contribution is 2.25. The van der Waals surface area contributed by atoms with E-state index in [2.05, 4.69) is 28.6 Å². The van der Waals surface area contributed by atoms with Gasteiger partial charge in [-0.1, -0.05) is 26.7 Å². The lowest BCUT2D eigenvalue weighted by Crippen LogP contribution is -2.33. The first kappa shape index (κ1) is 26.9. The molecule has 0 atom stereocenters. The number of methoxy groups -OCH3 is 1. The van der Waals surface area contributed by atoms with E-state index in [0.717, 1.165) is 80.4 Å². The second kappa shape index (κ2) is 13.4. The van der Waals surface area contributed by atoms with Crippen molar-refractivity contribution in [2.75, 3.05) is 45.2 Å². The lowest BCUT2D eigenvalue weighted by molar-refractivity contribution is 0.0747. The normalized spacial score (nSPS) is 14.1. The summed E-state index contributed by atoms with van der Waals surface area (Å²) in [4.78, 5) is 27.6. The van der Waals surface area contributed by atoms with Crippen LogP contribution < -0.4 is 10.1 Å². The van der Waals surface area contributed by atoms with E-state index in [9.17, 15) is 4.79 Å². The van der Waals surface area contributed by atoms with E-state index in [1.807, 2.05) is 41.3 Å². The number of fused-ring (bicyclic) bond motifs is 1. The molecular weight excluding hydrogens is 464 g/mol. The number of nitrogens with zero attached hydrogens (tertiary/aromatic N) is 5. The van der Waals surface area contributed by atoms with E-state index in [0.29, 0.717) is 5.69 Å². The van der Waals surface area contributed by atoms with Crippen LogP contribution in [0.3, 0.4) is 0 Å². The molecule has 1 aliphatic heterocycles. The van der Waals surface area contributed by atoms with E-state index in [1.54, 1.807) is 7.11 Å². The number of aryl methyl sites for hydroxylation is 1. The minimum Gasteiger partial charge on any atom is -0.497 e. The van der Waals surface area contributed by atoms with Crippen molar-refractivity contribution in [2.24, 2.45) is 0 Å². The van der Waals surface area contributed by atoms with Gasteiger partial charge in [0, 0.05) is 25.3 Å². The predicted octanol–water partition coefficient (Wildman–Crippen LogP) is 5.71. The molecule has 1 fully saturated rings. The minimum absolute atomic E-state index is 0.00271. The third-order valence-corrected chi connectivity index (χ3v) is 7.02. The van der Waals surface area contributed by atoms with Gasteiger partial charge < -0.3 is 19.9 Å². The number of anilines is 2. The van der Waals surface area contributed by atoms with Crippen molar-refractivity contribution in [3.63, 3.8) is 0 Å². The summed E-state index contributed by atoms with van der Waals surface area (Å²) in [5.74, 6) is 1.56. The number of ether oxygens (including phenoxy) is 1. The first-order valence-corrected chi connectivity index (χ1v) is 13.9. The molecule has 4 rings (SSSR count). The Hall–Kier alpha value is -3.13. The van der Waals surface area contributed by atoms with Crippen molar-refractivity contribution >= 4 is 28.7 Å². The van der Waals surface area contributed by atoms with Crippen molar-refractivity contribution in [3.8, 4) is 5.75 Å². The SMILES string of the molecule is CCCCN(CCC)C(=O)c1ccc2nc(Nc3ccc(OC)cc3)n(CCCN3CCCCC3)c2n1. The summed E-state index contributed by atoms with van der Waals surface area (Å²) in [6.45, 7) is 9.98. The molecule has 1 amide bonds. The van der Waals surface area contributed by atoms with Crippen molar-refractivity contribution < 1.29 is 9.53 Å². The van der Waals surface area contributed by atoms with Crippen LogP contribution in [0.4, 0.5) is 11.6 Å². The molecule has 1 saturated heterocycles. The molecule has 1 N–H and O–H groups in total. The van der Waals surface area contributed by atoms with Crippen LogP contribution in [0, 0.1) is 0 Å². The fourth-order valence-electron chi connectivity index (χ4n) is 4.96. The molecule has 8 heteroatoms. The van der Waals surface area contributed by atoms with E-state index in [4.69, 9.17) is 14.7 Å². The van der Waals surface area contributed by atoms with Gasteiger partial charge in [0.2, 0.25) is 5.95 Å². The molecule has 2 aromatic heterocycles. The Morgan fingerprint density at radius 1 is 0.946 bits per heavy atom.